The van der Waals surface area contributed by atoms with Gasteiger partial charge in [0.2, 0.25) is 20.0 Å². The molecule has 3 aliphatic heterocycles. The average Bonchev–Trinajstić information content (AvgIpc) is 4.03. The van der Waals surface area contributed by atoms with Crippen LogP contribution in [0.2, 0.25) is 0 Å². The van der Waals surface area contributed by atoms with E-state index in [-0.39, 0.29) is 104 Å². The van der Waals surface area contributed by atoms with Gasteiger partial charge in [-0.3, -0.25) is 4.31 Å². The van der Waals surface area contributed by atoms with Gasteiger partial charge in [-0.05, 0) is 126 Å². The Labute approximate surface area is 418 Å². The number of hydrogen-bond acceptors (Lipinski definition) is 6. The van der Waals surface area contributed by atoms with E-state index in [4.69, 9.17) is 0 Å². The van der Waals surface area contributed by atoms with Crippen LogP contribution in [-0.2, 0) is 30.1 Å². The lowest BCUT2D eigenvalue weighted by molar-refractivity contribution is 0.316. The van der Waals surface area contributed by atoms with E-state index < -0.39 is 30.1 Å². The standard InChI is InChI=1S/C57H83N3O6S3/c1-31(2)40-19-43(34(7)8)55(44(20-40)35(9)10)67(61,62)58-25-49-50(26-58)52-28-60(69(65,66)57-47(38(15)16)23-42(33(5)6)24-48(57)39(17)18)30-54(52)53-29-59(27-51(49)53)68(63,64)56-45(36(11)12)21-41(32(3)4)22-46(56)37(13)14/h19-25,31-39,50,52,54H,26-30H2,1-18H3/t50-,52+,54+/m0/s1. The van der Waals surface area contributed by atoms with Crippen molar-refractivity contribution in [1.82, 2.24) is 12.9 Å². The molecule has 380 valence electrons. The third kappa shape index (κ3) is 9.38. The third-order valence-corrected chi connectivity index (χ3v) is 21.5. The first kappa shape index (κ1) is 53.5. The van der Waals surface area contributed by atoms with Crippen LogP contribution in [0.25, 0.3) is 0 Å². The number of sulfonamides is 3. The van der Waals surface area contributed by atoms with E-state index in [1.54, 1.807) is 14.8 Å². The number of hydrogen-bond donors (Lipinski definition) is 0. The van der Waals surface area contributed by atoms with Crippen molar-refractivity contribution >= 4 is 30.1 Å². The summed E-state index contributed by atoms with van der Waals surface area (Å²) in [6.45, 7) is 38.2. The summed E-state index contributed by atoms with van der Waals surface area (Å²) in [7, 11) is -12.3. The summed E-state index contributed by atoms with van der Waals surface area (Å²) >= 11 is 0. The van der Waals surface area contributed by atoms with Gasteiger partial charge in [0.15, 0.2) is 0 Å². The van der Waals surface area contributed by atoms with Crippen LogP contribution in [0.4, 0.5) is 0 Å². The first-order chi connectivity index (χ1) is 31.9. The predicted molar refractivity (Wildman–Crippen MR) is 283 cm³/mol. The molecule has 3 atom stereocenters. The molecule has 0 amide bonds. The van der Waals surface area contributed by atoms with Gasteiger partial charge < -0.3 is 0 Å². The quantitative estimate of drug-likeness (QED) is 0.150. The van der Waals surface area contributed by atoms with Crippen molar-refractivity contribution < 1.29 is 25.3 Å². The second kappa shape index (κ2) is 19.3. The highest BCUT2D eigenvalue weighted by molar-refractivity contribution is 7.90. The molecule has 12 heteroatoms. The molecule has 0 spiro atoms. The van der Waals surface area contributed by atoms with Crippen LogP contribution < -0.4 is 0 Å². The van der Waals surface area contributed by atoms with Crippen LogP contribution in [0, 0.1) is 17.8 Å². The van der Waals surface area contributed by atoms with Crippen molar-refractivity contribution in [2.75, 3.05) is 32.7 Å². The van der Waals surface area contributed by atoms with E-state index in [2.05, 4.69) is 133 Å². The van der Waals surface area contributed by atoms with Gasteiger partial charge in [0.05, 0.1) is 14.7 Å². The molecule has 0 aromatic heterocycles. The SMILES string of the molecule is CC(C)c1cc(C(C)C)c(S(=O)(=O)N2C=C3C4=C(CN(S(=O)(=O)c5c(C(C)C)cc(C(C)C)cc5C(C)C)C4)[C@@H]4CN(S(=O)(=O)c5c(C(C)C)cc(C(C)C)cc5C(C)C)C[C@@H]4[C@H]3C2)c(C(C)C)c1. The zero-order chi connectivity index (χ0) is 51.3. The smallest absolute Gasteiger partial charge is 0.264 e. The fourth-order valence-corrected chi connectivity index (χ4v) is 17.8. The molecule has 1 saturated heterocycles. The summed E-state index contributed by atoms with van der Waals surface area (Å²) in [5.41, 5.74) is 10.7. The van der Waals surface area contributed by atoms with Crippen molar-refractivity contribution in [3.8, 4) is 0 Å². The summed E-state index contributed by atoms with van der Waals surface area (Å²) in [5.74, 6) is -0.627. The molecule has 3 heterocycles. The summed E-state index contributed by atoms with van der Waals surface area (Å²) in [4.78, 5) is 1.10. The highest BCUT2D eigenvalue weighted by Crippen LogP contribution is 2.54. The maximum atomic E-state index is 15.5. The van der Waals surface area contributed by atoms with E-state index in [0.717, 1.165) is 66.8 Å². The third-order valence-electron chi connectivity index (χ3n) is 15.8. The van der Waals surface area contributed by atoms with Crippen LogP contribution in [0.5, 0.6) is 0 Å². The second-order valence-corrected chi connectivity index (χ2v) is 29.2. The fraction of sp³-hybridized carbons (Fsp3) is 0.614. The normalized spacial score (nSPS) is 20.7. The van der Waals surface area contributed by atoms with Gasteiger partial charge in [-0.25, -0.2) is 25.3 Å². The zero-order valence-electron chi connectivity index (χ0n) is 45.0. The van der Waals surface area contributed by atoms with Crippen molar-refractivity contribution in [2.24, 2.45) is 17.8 Å². The van der Waals surface area contributed by atoms with E-state index in [1.807, 2.05) is 27.7 Å². The van der Waals surface area contributed by atoms with E-state index in [0.29, 0.717) is 14.7 Å². The van der Waals surface area contributed by atoms with Crippen molar-refractivity contribution in [3.63, 3.8) is 0 Å². The van der Waals surface area contributed by atoms with Gasteiger partial charge in [0.1, 0.15) is 0 Å². The first-order valence-corrected chi connectivity index (χ1v) is 30.2. The Kier molecular flexibility index (Phi) is 15.0. The lowest BCUT2D eigenvalue weighted by atomic mass is 9.70. The van der Waals surface area contributed by atoms with Crippen LogP contribution >= 0.6 is 0 Å². The highest BCUT2D eigenvalue weighted by Gasteiger charge is 2.55. The van der Waals surface area contributed by atoms with Gasteiger partial charge in [-0.2, -0.15) is 8.61 Å². The van der Waals surface area contributed by atoms with Gasteiger partial charge in [0.25, 0.3) is 10.0 Å². The molecule has 9 nitrogen and oxygen atoms in total. The molecular formula is C57H83N3O6S3. The minimum Gasteiger partial charge on any atom is -0.272 e. The number of nitrogens with zero attached hydrogens (tertiary/aromatic N) is 3. The summed E-state index contributed by atoms with van der Waals surface area (Å²) in [6, 6.07) is 12.4. The largest absolute Gasteiger partial charge is 0.272 e. The molecule has 69 heavy (non-hydrogen) atoms. The Hall–Kier alpha value is -3.29. The number of benzene rings is 3. The van der Waals surface area contributed by atoms with Crippen molar-refractivity contribution in [3.05, 3.63) is 109 Å². The monoisotopic (exact) mass is 1000 g/mol. The summed E-state index contributed by atoms with van der Waals surface area (Å²) in [6.07, 6.45) is 1.79. The van der Waals surface area contributed by atoms with Gasteiger partial charge in [-0.1, -0.05) is 161 Å². The Bertz CT molecular complexity index is 2810. The molecule has 1 fully saturated rings. The Morgan fingerprint density at radius 2 is 0.725 bits per heavy atom. The van der Waals surface area contributed by atoms with E-state index >= 15 is 25.3 Å². The predicted octanol–water partition coefficient (Wildman–Crippen LogP) is 13.3. The summed E-state index contributed by atoms with van der Waals surface area (Å²) in [5, 5.41) is 0. The van der Waals surface area contributed by atoms with Crippen LogP contribution in [0.1, 0.15) is 228 Å². The van der Waals surface area contributed by atoms with Gasteiger partial charge >= 0.3 is 0 Å². The van der Waals surface area contributed by atoms with Crippen LogP contribution in [0.15, 0.2) is 74.0 Å². The Morgan fingerprint density at radius 3 is 1.06 bits per heavy atom. The topological polar surface area (TPSA) is 112 Å². The Morgan fingerprint density at radius 1 is 0.391 bits per heavy atom. The van der Waals surface area contributed by atoms with Crippen molar-refractivity contribution in [2.45, 2.75) is 193 Å². The molecule has 0 saturated carbocycles. The molecule has 7 rings (SSSR count). The molecule has 3 aromatic rings. The average molecular weight is 1000 g/mol. The van der Waals surface area contributed by atoms with Crippen LogP contribution in [-0.4, -0.2) is 70.9 Å². The minimum atomic E-state index is -4.13. The van der Waals surface area contributed by atoms with Crippen molar-refractivity contribution in [1.29, 1.82) is 0 Å². The number of fused-ring (bicyclic) bond motifs is 5. The lowest BCUT2D eigenvalue weighted by Gasteiger charge is -2.33. The van der Waals surface area contributed by atoms with E-state index in [9.17, 15) is 0 Å². The maximum Gasteiger partial charge on any atom is 0.264 e. The lowest BCUT2D eigenvalue weighted by Crippen LogP contribution is -2.35. The Balaban J connectivity index is 1.40. The zero-order valence-corrected chi connectivity index (χ0v) is 47.5. The molecule has 1 aliphatic carbocycles. The molecule has 0 N–H and O–H groups in total. The van der Waals surface area contributed by atoms with E-state index in [1.165, 1.54) is 4.31 Å². The number of rotatable bonds is 15. The minimum absolute atomic E-state index is 0.0518. The second-order valence-electron chi connectivity index (χ2n) is 23.6. The molecule has 0 bridgehead atoms. The van der Waals surface area contributed by atoms with Crippen LogP contribution in [0.3, 0.4) is 0 Å². The summed E-state index contributed by atoms with van der Waals surface area (Å²) < 4.78 is 98.0. The fourth-order valence-electron chi connectivity index (χ4n) is 11.5. The maximum absolute atomic E-state index is 15.5. The molecule has 4 aliphatic rings. The van der Waals surface area contributed by atoms with Gasteiger partial charge in [-0.15, -0.1) is 0 Å². The molecule has 3 aromatic carbocycles. The molecular weight excluding hydrogens is 919 g/mol. The molecule has 0 unspecified atom stereocenters. The molecule has 0 radical (unpaired) electrons. The first-order valence-electron chi connectivity index (χ1n) is 25.9. The highest BCUT2D eigenvalue weighted by atomic mass is 32.2. The van der Waals surface area contributed by atoms with Gasteiger partial charge in [0, 0.05) is 50.8 Å².